The minimum atomic E-state index is -4.54. The number of halogens is 3. The molecule has 1 atom stereocenters. The standard InChI is InChI=1S/C12H14F3N3O2/c1-7-5-9(12(13,14)15)17-11(16-7)18-4-2-3-8(6-18)10(19)20/h5,8H,2-4,6H2,1H3,(H,19,20). The Bertz CT molecular complexity index is 519. The van der Waals surface area contributed by atoms with Gasteiger partial charge in [-0.25, -0.2) is 9.97 Å². The first-order valence-electron chi connectivity index (χ1n) is 6.18. The predicted octanol–water partition coefficient (Wildman–Crippen LogP) is 2.10. The largest absolute Gasteiger partial charge is 0.481 e. The van der Waals surface area contributed by atoms with Gasteiger partial charge in [-0.3, -0.25) is 4.79 Å². The molecule has 0 spiro atoms. The van der Waals surface area contributed by atoms with Gasteiger partial charge in [-0.1, -0.05) is 0 Å². The summed E-state index contributed by atoms with van der Waals surface area (Å²) >= 11 is 0. The molecule has 5 nitrogen and oxygen atoms in total. The van der Waals surface area contributed by atoms with E-state index in [2.05, 4.69) is 9.97 Å². The van der Waals surface area contributed by atoms with Crippen molar-refractivity contribution in [2.75, 3.05) is 18.0 Å². The van der Waals surface area contributed by atoms with Gasteiger partial charge in [0.2, 0.25) is 5.95 Å². The number of anilines is 1. The summed E-state index contributed by atoms with van der Waals surface area (Å²) in [7, 11) is 0. The fraction of sp³-hybridized carbons (Fsp3) is 0.583. The van der Waals surface area contributed by atoms with Crippen LogP contribution in [0.4, 0.5) is 19.1 Å². The van der Waals surface area contributed by atoms with E-state index >= 15 is 0 Å². The average molecular weight is 289 g/mol. The number of alkyl halides is 3. The normalized spacial score (nSPS) is 20.0. The van der Waals surface area contributed by atoms with Crippen LogP contribution in [-0.4, -0.2) is 34.1 Å². The van der Waals surface area contributed by atoms with Crippen LogP contribution in [0.3, 0.4) is 0 Å². The number of nitrogens with zero attached hydrogens (tertiary/aromatic N) is 3. The molecule has 1 aromatic rings. The zero-order valence-corrected chi connectivity index (χ0v) is 10.8. The minimum absolute atomic E-state index is 0.0525. The number of hydrogen-bond acceptors (Lipinski definition) is 4. The van der Waals surface area contributed by atoms with Crippen molar-refractivity contribution < 1.29 is 23.1 Å². The maximum atomic E-state index is 12.7. The SMILES string of the molecule is Cc1cc(C(F)(F)F)nc(N2CCCC(C(=O)O)C2)n1. The minimum Gasteiger partial charge on any atom is -0.481 e. The molecule has 2 heterocycles. The van der Waals surface area contributed by atoms with E-state index < -0.39 is 23.8 Å². The van der Waals surface area contributed by atoms with E-state index in [0.29, 0.717) is 19.4 Å². The zero-order chi connectivity index (χ0) is 14.9. The lowest BCUT2D eigenvalue weighted by Crippen LogP contribution is -2.40. The summed E-state index contributed by atoms with van der Waals surface area (Å²) in [5, 5.41) is 8.99. The van der Waals surface area contributed by atoms with Crippen molar-refractivity contribution >= 4 is 11.9 Å². The van der Waals surface area contributed by atoms with Crippen LogP contribution in [0.5, 0.6) is 0 Å². The Balaban J connectivity index is 2.28. The number of carboxylic acid groups (broad SMARTS) is 1. The van der Waals surface area contributed by atoms with E-state index in [-0.39, 0.29) is 18.2 Å². The van der Waals surface area contributed by atoms with Gasteiger partial charge in [-0.15, -0.1) is 0 Å². The Morgan fingerprint density at radius 3 is 2.75 bits per heavy atom. The second-order valence-corrected chi connectivity index (χ2v) is 4.82. The molecule has 1 aromatic heterocycles. The summed E-state index contributed by atoms with van der Waals surface area (Å²) < 4.78 is 38.2. The molecule has 0 saturated carbocycles. The Kier molecular flexibility index (Phi) is 3.82. The third-order valence-electron chi connectivity index (χ3n) is 3.19. The van der Waals surface area contributed by atoms with Crippen LogP contribution < -0.4 is 4.90 Å². The van der Waals surface area contributed by atoms with E-state index in [1.165, 1.54) is 11.8 Å². The molecular weight excluding hydrogens is 275 g/mol. The molecule has 1 aliphatic heterocycles. The van der Waals surface area contributed by atoms with Gasteiger partial charge in [-0.2, -0.15) is 13.2 Å². The van der Waals surface area contributed by atoms with Crippen molar-refractivity contribution in [3.05, 3.63) is 17.5 Å². The molecule has 1 N–H and O–H groups in total. The Morgan fingerprint density at radius 2 is 2.15 bits per heavy atom. The van der Waals surface area contributed by atoms with Gasteiger partial charge in [0.25, 0.3) is 0 Å². The highest BCUT2D eigenvalue weighted by atomic mass is 19.4. The van der Waals surface area contributed by atoms with Crippen molar-refractivity contribution in [2.24, 2.45) is 5.92 Å². The molecular formula is C12H14F3N3O2. The van der Waals surface area contributed by atoms with Crippen molar-refractivity contribution in [3.63, 3.8) is 0 Å². The van der Waals surface area contributed by atoms with Crippen molar-refractivity contribution in [2.45, 2.75) is 25.9 Å². The number of aliphatic carboxylic acids is 1. The van der Waals surface area contributed by atoms with Crippen LogP contribution in [0.1, 0.15) is 24.2 Å². The molecule has 1 unspecified atom stereocenters. The van der Waals surface area contributed by atoms with Gasteiger partial charge in [0.1, 0.15) is 5.69 Å². The average Bonchev–Trinajstić information content (AvgIpc) is 2.37. The maximum Gasteiger partial charge on any atom is 0.433 e. The van der Waals surface area contributed by atoms with E-state index in [4.69, 9.17) is 5.11 Å². The third-order valence-corrected chi connectivity index (χ3v) is 3.19. The second-order valence-electron chi connectivity index (χ2n) is 4.82. The molecule has 1 saturated heterocycles. The van der Waals surface area contributed by atoms with E-state index in [0.717, 1.165) is 6.07 Å². The topological polar surface area (TPSA) is 66.3 Å². The summed E-state index contributed by atoms with van der Waals surface area (Å²) in [4.78, 5) is 20.0. The number of aromatic nitrogens is 2. The predicted molar refractivity (Wildman–Crippen MR) is 64.3 cm³/mol. The molecule has 0 bridgehead atoms. The maximum absolute atomic E-state index is 12.7. The molecule has 20 heavy (non-hydrogen) atoms. The fourth-order valence-corrected chi connectivity index (χ4v) is 2.20. The Hall–Kier alpha value is -1.86. The highest BCUT2D eigenvalue weighted by molar-refractivity contribution is 5.71. The molecule has 2 rings (SSSR count). The van der Waals surface area contributed by atoms with Crippen LogP contribution in [-0.2, 0) is 11.0 Å². The van der Waals surface area contributed by atoms with Crippen LogP contribution in [0.2, 0.25) is 0 Å². The van der Waals surface area contributed by atoms with Crippen molar-refractivity contribution in [1.82, 2.24) is 9.97 Å². The van der Waals surface area contributed by atoms with Gasteiger partial charge < -0.3 is 10.0 Å². The van der Waals surface area contributed by atoms with Crippen molar-refractivity contribution in [3.8, 4) is 0 Å². The monoisotopic (exact) mass is 289 g/mol. The molecule has 8 heteroatoms. The summed E-state index contributed by atoms with van der Waals surface area (Å²) in [5.41, 5.74) is -0.794. The van der Waals surface area contributed by atoms with Gasteiger partial charge in [0.05, 0.1) is 5.92 Å². The Morgan fingerprint density at radius 1 is 1.45 bits per heavy atom. The number of piperidine rings is 1. The van der Waals surface area contributed by atoms with Crippen molar-refractivity contribution in [1.29, 1.82) is 0 Å². The lowest BCUT2D eigenvalue weighted by molar-refractivity contribution is -0.142. The van der Waals surface area contributed by atoms with Crippen LogP contribution in [0.15, 0.2) is 6.07 Å². The molecule has 1 aliphatic rings. The summed E-state index contributed by atoms with van der Waals surface area (Å²) in [6.45, 7) is 2.06. The molecule has 1 fully saturated rings. The number of aryl methyl sites for hydroxylation is 1. The first-order valence-corrected chi connectivity index (χ1v) is 6.18. The van der Waals surface area contributed by atoms with Gasteiger partial charge in [-0.05, 0) is 25.8 Å². The van der Waals surface area contributed by atoms with Gasteiger partial charge in [0.15, 0.2) is 0 Å². The number of hydrogen-bond donors (Lipinski definition) is 1. The van der Waals surface area contributed by atoms with E-state index in [1.54, 1.807) is 0 Å². The number of carboxylic acids is 1. The third kappa shape index (κ3) is 3.17. The lowest BCUT2D eigenvalue weighted by Gasteiger charge is -2.31. The van der Waals surface area contributed by atoms with E-state index in [1.807, 2.05) is 0 Å². The molecule has 0 amide bonds. The number of rotatable bonds is 2. The molecule has 110 valence electrons. The van der Waals surface area contributed by atoms with Crippen LogP contribution in [0, 0.1) is 12.8 Å². The first-order chi connectivity index (χ1) is 9.27. The summed E-state index contributed by atoms with van der Waals surface area (Å²) in [6, 6.07) is 0.877. The highest BCUT2D eigenvalue weighted by Crippen LogP contribution is 2.30. The molecule has 0 radical (unpaired) electrons. The Labute approximate surface area is 113 Å². The summed E-state index contributed by atoms with van der Waals surface area (Å²) in [6.07, 6.45) is -3.43. The lowest BCUT2D eigenvalue weighted by atomic mass is 9.99. The number of carbonyl (C=O) groups is 1. The molecule has 0 aliphatic carbocycles. The highest BCUT2D eigenvalue weighted by Gasteiger charge is 2.34. The quantitative estimate of drug-likeness (QED) is 0.903. The van der Waals surface area contributed by atoms with Gasteiger partial charge >= 0.3 is 12.1 Å². The van der Waals surface area contributed by atoms with E-state index in [9.17, 15) is 18.0 Å². The van der Waals surface area contributed by atoms with Crippen LogP contribution >= 0.6 is 0 Å². The zero-order valence-electron chi connectivity index (χ0n) is 10.8. The van der Waals surface area contributed by atoms with Gasteiger partial charge in [0, 0.05) is 18.8 Å². The fourth-order valence-electron chi connectivity index (χ4n) is 2.20. The molecule has 0 aromatic carbocycles. The second kappa shape index (κ2) is 5.26. The smallest absolute Gasteiger partial charge is 0.433 e. The van der Waals surface area contributed by atoms with Crippen LogP contribution in [0.25, 0.3) is 0 Å². The first kappa shape index (κ1) is 14.5. The summed E-state index contributed by atoms with van der Waals surface area (Å²) in [5.74, 6) is -1.59.